The zero-order chi connectivity index (χ0) is 18.5. The average molecular weight is 354 g/mol. The molecular formula is C22H30N2O2. The van der Waals surface area contributed by atoms with Gasteiger partial charge >= 0.3 is 0 Å². The zero-order valence-corrected chi connectivity index (χ0v) is 16.1. The van der Waals surface area contributed by atoms with E-state index < -0.39 is 0 Å². The molecule has 0 bridgehead atoms. The van der Waals surface area contributed by atoms with Crippen LogP contribution < -0.4 is 0 Å². The van der Waals surface area contributed by atoms with Crippen LogP contribution >= 0.6 is 0 Å². The van der Waals surface area contributed by atoms with Crippen molar-refractivity contribution in [3.05, 3.63) is 35.5 Å². The summed E-state index contributed by atoms with van der Waals surface area (Å²) in [4.78, 5) is 18.8. The van der Waals surface area contributed by atoms with Crippen LogP contribution in [0.25, 0.3) is 10.9 Å². The van der Waals surface area contributed by atoms with E-state index in [-0.39, 0.29) is 23.9 Å². The van der Waals surface area contributed by atoms with Crippen LogP contribution in [0.4, 0.5) is 0 Å². The second kappa shape index (κ2) is 6.50. The minimum atomic E-state index is -0.0110. The quantitative estimate of drug-likeness (QED) is 0.866. The lowest BCUT2D eigenvalue weighted by molar-refractivity contribution is -0.127. The molecule has 1 aromatic carbocycles. The number of likely N-dealkylation sites (N-methyl/N-ethyl adjacent to an activating group) is 1. The predicted molar refractivity (Wildman–Crippen MR) is 104 cm³/mol. The number of aliphatic hydroxyl groups excluding tert-OH is 1. The molecule has 2 heterocycles. The molecule has 0 amide bonds. The van der Waals surface area contributed by atoms with E-state index in [1.807, 2.05) is 6.92 Å². The van der Waals surface area contributed by atoms with Crippen LogP contribution in [-0.4, -0.2) is 47.0 Å². The molecule has 1 aliphatic heterocycles. The maximum absolute atomic E-state index is 13.0. The van der Waals surface area contributed by atoms with Crippen molar-refractivity contribution in [2.45, 2.75) is 51.0 Å². The number of hydrogen-bond acceptors (Lipinski definition) is 3. The van der Waals surface area contributed by atoms with Crippen molar-refractivity contribution in [3.8, 4) is 0 Å². The van der Waals surface area contributed by atoms with Crippen LogP contribution in [0.15, 0.2) is 24.4 Å². The van der Waals surface area contributed by atoms with Crippen molar-refractivity contribution in [3.63, 3.8) is 0 Å². The van der Waals surface area contributed by atoms with Gasteiger partial charge in [0.2, 0.25) is 0 Å². The van der Waals surface area contributed by atoms with Gasteiger partial charge in [-0.3, -0.25) is 4.79 Å². The number of rotatable bonds is 5. The van der Waals surface area contributed by atoms with E-state index in [9.17, 15) is 9.90 Å². The number of aromatic amines is 1. The fourth-order valence-corrected chi connectivity index (χ4v) is 5.45. The molecule has 4 unspecified atom stereocenters. The zero-order valence-electron chi connectivity index (χ0n) is 16.1. The molecule has 1 fully saturated rings. The summed E-state index contributed by atoms with van der Waals surface area (Å²) in [6.45, 7) is 5.34. The Morgan fingerprint density at radius 1 is 1.46 bits per heavy atom. The summed E-state index contributed by atoms with van der Waals surface area (Å²) in [6, 6.07) is 6.97. The smallest absolute Gasteiger partial charge is 0.137 e. The monoisotopic (exact) mass is 354 g/mol. The highest BCUT2D eigenvalue weighted by atomic mass is 16.3. The number of nitrogens with zero attached hydrogens (tertiary/aromatic N) is 1. The Bertz CT molecular complexity index is 823. The lowest BCUT2D eigenvalue weighted by Crippen LogP contribution is -2.58. The maximum atomic E-state index is 13.0. The number of hydrogen-bond donors (Lipinski definition) is 2. The van der Waals surface area contributed by atoms with Crippen LogP contribution in [0.5, 0.6) is 0 Å². The van der Waals surface area contributed by atoms with Crippen LogP contribution in [0.1, 0.15) is 44.2 Å². The Morgan fingerprint density at radius 3 is 3.00 bits per heavy atom. The summed E-state index contributed by atoms with van der Waals surface area (Å²) in [7, 11) is 2.17. The lowest BCUT2D eigenvalue weighted by atomic mass is 9.61. The van der Waals surface area contributed by atoms with Gasteiger partial charge in [-0.05, 0) is 43.0 Å². The minimum absolute atomic E-state index is 0.0110. The molecule has 1 saturated heterocycles. The molecule has 4 heteroatoms. The number of piperidine rings is 1. The van der Waals surface area contributed by atoms with E-state index in [0.717, 1.165) is 25.8 Å². The summed E-state index contributed by atoms with van der Waals surface area (Å²) in [5.41, 5.74) is 3.99. The SMILES string of the molecule is CCC(CO)CC(=O)C1CN(C)C2Cc3c[nH]c4cccc(c34)C2(C)C1. The topological polar surface area (TPSA) is 56.3 Å². The van der Waals surface area contributed by atoms with Crippen LogP contribution in [0.3, 0.4) is 0 Å². The van der Waals surface area contributed by atoms with Gasteiger partial charge in [0.15, 0.2) is 0 Å². The molecule has 0 saturated carbocycles. The highest BCUT2D eigenvalue weighted by molar-refractivity contribution is 5.89. The Morgan fingerprint density at radius 2 is 2.27 bits per heavy atom. The third-order valence-electron chi connectivity index (χ3n) is 7.04. The number of fused-ring (bicyclic) bond motifs is 2. The number of ketones is 1. The number of H-pyrrole nitrogens is 1. The van der Waals surface area contributed by atoms with Crippen molar-refractivity contribution in [2.24, 2.45) is 11.8 Å². The summed E-state index contributed by atoms with van der Waals surface area (Å²) in [6.07, 6.45) is 5.47. The van der Waals surface area contributed by atoms with E-state index in [2.05, 4.69) is 48.3 Å². The Balaban J connectivity index is 1.68. The Kier molecular flexibility index (Phi) is 4.44. The van der Waals surface area contributed by atoms with Crippen LogP contribution in [-0.2, 0) is 16.6 Å². The van der Waals surface area contributed by atoms with Crippen molar-refractivity contribution < 1.29 is 9.90 Å². The van der Waals surface area contributed by atoms with E-state index in [4.69, 9.17) is 0 Å². The standard InChI is InChI=1S/C22H30N2O2/c1-4-14(13-25)8-19(26)16-10-22(2)17-6-5-7-18-21(17)15(11-23-18)9-20(22)24(3)12-16/h5-7,11,14,16,20,23,25H,4,8-10,12-13H2,1-3H3. The molecule has 2 aromatic rings. The highest BCUT2D eigenvalue weighted by Gasteiger charge is 2.49. The first-order valence-corrected chi connectivity index (χ1v) is 9.91. The third kappa shape index (κ3) is 2.62. The number of carbonyl (C=O) groups excluding carboxylic acids is 1. The van der Waals surface area contributed by atoms with E-state index in [1.165, 1.54) is 22.0 Å². The van der Waals surface area contributed by atoms with Gasteiger partial charge in [-0.2, -0.15) is 0 Å². The first-order chi connectivity index (χ1) is 12.5. The molecule has 2 aliphatic rings. The summed E-state index contributed by atoms with van der Waals surface area (Å²) >= 11 is 0. The fraction of sp³-hybridized carbons (Fsp3) is 0.591. The van der Waals surface area contributed by atoms with Gasteiger partial charge in [0.25, 0.3) is 0 Å². The molecule has 0 spiro atoms. The molecule has 1 aromatic heterocycles. The summed E-state index contributed by atoms with van der Waals surface area (Å²) < 4.78 is 0. The van der Waals surface area contributed by atoms with Crippen molar-refractivity contribution in [1.82, 2.24) is 9.88 Å². The molecule has 26 heavy (non-hydrogen) atoms. The number of likely N-dealkylation sites (tertiary alicyclic amines) is 1. The largest absolute Gasteiger partial charge is 0.396 e. The molecule has 2 N–H and O–H groups in total. The third-order valence-corrected chi connectivity index (χ3v) is 7.04. The van der Waals surface area contributed by atoms with Crippen molar-refractivity contribution >= 4 is 16.7 Å². The predicted octanol–water partition coefficient (Wildman–Crippen LogP) is 3.28. The fourth-order valence-electron chi connectivity index (χ4n) is 5.45. The molecule has 4 nitrogen and oxygen atoms in total. The molecule has 4 rings (SSSR count). The number of benzene rings is 1. The number of aromatic nitrogens is 1. The van der Waals surface area contributed by atoms with Crippen molar-refractivity contribution in [2.75, 3.05) is 20.2 Å². The summed E-state index contributed by atoms with van der Waals surface area (Å²) in [5, 5.41) is 10.9. The first kappa shape index (κ1) is 17.7. The second-order valence-corrected chi connectivity index (χ2v) is 8.65. The summed E-state index contributed by atoms with van der Waals surface area (Å²) in [5.74, 6) is 0.478. The van der Waals surface area contributed by atoms with Gasteiger partial charge in [0, 0.05) is 54.0 Å². The number of carbonyl (C=O) groups is 1. The second-order valence-electron chi connectivity index (χ2n) is 8.65. The van der Waals surface area contributed by atoms with Gasteiger partial charge < -0.3 is 15.0 Å². The first-order valence-electron chi connectivity index (χ1n) is 9.91. The van der Waals surface area contributed by atoms with Gasteiger partial charge in [0.1, 0.15) is 5.78 Å². The normalized spacial score (nSPS) is 29.5. The Hall–Kier alpha value is -1.65. The van der Waals surface area contributed by atoms with E-state index >= 15 is 0 Å². The number of aliphatic hydroxyl groups is 1. The maximum Gasteiger partial charge on any atom is 0.137 e. The lowest BCUT2D eigenvalue weighted by Gasteiger charge is -2.52. The number of Topliss-reactive ketones (excluding diaryl/α,β-unsaturated/α-hetero) is 1. The number of nitrogens with one attached hydrogen (secondary N) is 1. The molecule has 140 valence electrons. The minimum Gasteiger partial charge on any atom is -0.396 e. The van der Waals surface area contributed by atoms with Gasteiger partial charge in [-0.15, -0.1) is 0 Å². The highest BCUT2D eigenvalue weighted by Crippen LogP contribution is 2.48. The molecule has 4 atom stereocenters. The Labute approximate surface area is 155 Å². The van der Waals surface area contributed by atoms with Gasteiger partial charge in [-0.25, -0.2) is 0 Å². The van der Waals surface area contributed by atoms with Crippen LogP contribution in [0, 0.1) is 11.8 Å². The van der Waals surface area contributed by atoms with E-state index in [0.29, 0.717) is 18.2 Å². The molecule has 0 radical (unpaired) electrons. The molecular weight excluding hydrogens is 324 g/mol. The van der Waals surface area contributed by atoms with E-state index in [1.54, 1.807) is 0 Å². The van der Waals surface area contributed by atoms with Gasteiger partial charge in [-0.1, -0.05) is 32.4 Å². The van der Waals surface area contributed by atoms with Crippen LogP contribution in [0.2, 0.25) is 0 Å². The van der Waals surface area contributed by atoms with Gasteiger partial charge in [0.05, 0.1) is 0 Å². The molecule has 1 aliphatic carbocycles. The average Bonchev–Trinajstić information content (AvgIpc) is 3.05. The van der Waals surface area contributed by atoms with Crippen molar-refractivity contribution in [1.29, 1.82) is 0 Å².